The van der Waals surface area contributed by atoms with Crippen LogP contribution in [0.25, 0.3) is 11.8 Å². The minimum atomic E-state index is -4.63. The normalized spacial score (nSPS) is 19.3. The number of fused-ring (bicyclic) bond motifs is 1. The average Bonchev–Trinajstić information content (AvgIpc) is 3.55. The maximum absolute atomic E-state index is 13.9. The standard InChI is InChI=1S/C27H27F3N3O6P.C3H8/c1-16-13-31(14-32(16)15-39-40(35,36)37)24-7-3-17(10-25(24)38-2)9-18-4-5-20-6-8-23(33(20)27(18)34)19-11-21(28)26(30)22(29)12-19;1-3-2/h3,7,9-14,20,23H,4-6,8,15H2,1-2H3,(H-,35,36,37);3H2,1-2H3/p+1/b18-9+;. The smallest absolute Gasteiger partial charge is 0.472 e. The second kappa shape index (κ2) is 13.5. The summed E-state index contributed by atoms with van der Waals surface area (Å²) in [5.41, 5.74) is 2.83. The van der Waals surface area contributed by atoms with Crippen LogP contribution in [0.1, 0.15) is 68.8 Å². The van der Waals surface area contributed by atoms with Crippen molar-refractivity contribution >= 4 is 19.8 Å². The van der Waals surface area contributed by atoms with Gasteiger partial charge in [-0.15, -0.1) is 0 Å². The number of ether oxygens (including phenoxy) is 1. The minimum Gasteiger partial charge on any atom is -0.492 e. The molecule has 2 aliphatic rings. The first kappa shape index (κ1) is 32.5. The van der Waals surface area contributed by atoms with Gasteiger partial charge in [0.15, 0.2) is 28.9 Å². The first-order valence-corrected chi connectivity index (χ1v) is 15.5. The number of halogens is 3. The number of phosphoric acid groups is 1. The van der Waals surface area contributed by atoms with E-state index < -0.39 is 31.3 Å². The zero-order valence-electron chi connectivity index (χ0n) is 24.5. The SMILES string of the molecule is CCC.COc1cc(/C=C2\CCC3CCC(c4cc(F)c(F)c(F)c4)N3C2=O)ccc1-[n+]1cc(C)n(COP(=O)(O)O)c1. The number of rotatable bonds is 7. The van der Waals surface area contributed by atoms with Crippen LogP contribution in [0.4, 0.5) is 13.2 Å². The zero-order valence-corrected chi connectivity index (χ0v) is 25.4. The molecule has 13 heteroatoms. The van der Waals surface area contributed by atoms with Crippen LogP contribution in [0, 0.1) is 24.4 Å². The number of nitrogens with zero attached hydrogens (tertiary/aromatic N) is 3. The van der Waals surface area contributed by atoms with E-state index in [1.165, 1.54) is 18.1 Å². The molecule has 9 nitrogen and oxygen atoms in total. The maximum atomic E-state index is 13.9. The van der Waals surface area contributed by atoms with Gasteiger partial charge in [-0.2, -0.15) is 4.57 Å². The molecular weight excluding hydrogens is 586 g/mol. The number of carbonyl (C=O) groups excluding carboxylic acids is 1. The highest BCUT2D eigenvalue weighted by Gasteiger charge is 2.42. The molecule has 2 fully saturated rings. The highest BCUT2D eigenvalue weighted by molar-refractivity contribution is 7.46. The van der Waals surface area contributed by atoms with Gasteiger partial charge in [-0.1, -0.05) is 26.3 Å². The van der Waals surface area contributed by atoms with E-state index in [0.717, 1.165) is 12.1 Å². The molecule has 3 heterocycles. The molecule has 0 radical (unpaired) electrons. The predicted molar refractivity (Wildman–Crippen MR) is 152 cm³/mol. The second-order valence-corrected chi connectivity index (χ2v) is 11.9. The summed E-state index contributed by atoms with van der Waals surface area (Å²) in [5.74, 6) is -3.81. The van der Waals surface area contributed by atoms with E-state index in [1.807, 2.05) is 6.07 Å². The third-order valence-corrected chi connectivity index (χ3v) is 7.83. The highest BCUT2D eigenvalue weighted by atomic mass is 31.2. The summed E-state index contributed by atoms with van der Waals surface area (Å²) in [6.07, 6.45) is 8.85. The number of benzene rings is 2. The van der Waals surface area contributed by atoms with Crippen molar-refractivity contribution in [2.45, 2.75) is 71.7 Å². The molecule has 1 amide bonds. The molecule has 2 atom stereocenters. The van der Waals surface area contributed by atoms with E-state index in [9.17, 15) is 22.5 Å². The molecule has 3 aromatic rings. The van der Waals surface area contributed by atoms with Gasteiger partial charge in [-0.25, -0.2) is 26.8 Å². The third-order valence-electron chi connectivity index (χ3n) is 7.38. The molecule has 5 rings (SSSR count). The average molecular weight is 623 g/mol. The number of piperidine rings is 1. The van der Waals surface area contributed by atoms with Gasteiger partial charge in [0.1, 0.15) is 11.9 Å². The van der Waals surface area contributed by atoms with Crippen LogP contribution in [0.3, 0.4) is 0 Å². The highest BCUT2D eigenvalue weighted by Crippen LogP contribution is 2.43. The lowest BCUT2D eigenvalue weighted by Crippen LogP contribution is -2.41. The Bertz CT molecular complexity index is 1550. The molecule has 0 aliphatic carbocycles. The Morgan fingerprint density at radius 1 is 1.09 bits per heavy atom. The van der Waals surface area contributed by atoms with Crippen molar-refractivity contribution in [1.29, 1.82) is 0 Å². The van der Waals surface area contributed by atoms with Crippen molar-refractivity contribution in [3.8, 4) is 11.4 Å². The predicted octanol–water partition coefficient (Wildman–Crippen LogP) is 5.89. The summed E-state index contributed by atoms with van der Waals surface area (Å²) < 4.78 is 65.9. The summed E-state index contributed by atoms with van der Waals surface area (Å²) in [4.78, 5) is 33.2. The summed E-state index contributed by atoms with van der Waals surface area (Å²) in [6.45, 7) is 5.67. The molecule has 2 N–H and O–H groups in total. The van der Waals surface area contributed by atoms with Gasteiger partial charge in [0.2, 0.25) is 6.73 Å². The third kappa shape index (κ3) is 7.38. The number of imidazole rings is 1. The monoisotopic (exact) mass is 622 g/mol. The Balaban J connectivity index is 0.00000135. The number of hydrogen-bond donors (Lipinski definition) is 2. The quantitative estimate of drug-likeness (QED) is 0.147. The fourth-order valence-electron chi connectivity index (χ4n) is 5.45. The first-order chi connectivity index (χ1) is 20.4. The van der Waals surface area contributed by atoms with Crippen LogP contribution in [-0.4, -0.2) is 38.3 Å². The van der Waals surface area contributed by atoms with Gasteiger partial charge in [0, 0.05) is 18.5 Å². The van der Waals surface area contributed by atoms with Crippen LogP contribution in [0.2, 0.25) is 0 Å². The van der Waals surface area contributed by atoms with Crippen molar-refractivity contribution in [3.05, 3.63) is 82.7 Å². The van der Waals surface area contributed by atoms with Gasteiger partial charge in [0.05, 0.1) is 13.2 Å². The lowest BCUT2D eigenvalue weighted by atomic mass is 9.95. The molecular formula is C30H36F3N3O6P+. The van der Waals surface area contributed by atoms with Crippen LogP contribution in [-0.2, 0) is 20.6 Å². The molecule has 2 saturated heterocycles. The molecule has 43 heavy (non-hydrogen) atoms. The Morgan fingerprint density at radius 2 is 1.77 bits per heavy atom. The summed E-state index contributed by atoms with van der Waals surface area (Å²) in [6, 6.07) is 6.69. The Hall–Kier alpha value is -3.44. The molecule has 0 bridgehead atoms. The number of hydrogen-bond acceptors (Lipinski definition) is 4. The second-order valence-electron chi connectivity index (χ2n) is 10.6. The van der Waals surface area contributed by atoms with Crippen molar-refractivity contribution in [2.24, 2.45) is 0 Å². The van der Waals surface area contributed by atoms with Crippen molar-refractivity contribution < 1.29 is 46.1 Å². The summed E-state index contributed by atoms with van der Waals surface area (Å²) in [7, 11) is -3.13. The largest absolute Gasteiger partial charge is 0.492 e. The number of aromatic nitrogens is 2. The fraction of sp³-hybridized carbons (Fsp3) is 0.400. The van der Waals surface area contributed by atoms with Crippen LogP contribution >= 0.6 is 7.82 Å². The van der Waals surface area contributed by atoms with Crippen molar-refractivity contribution in [1.82, 2.24) is 9.47 Å². The van der Waals surface area contributed by atoms with Gasteiger partial charge in [-0.3, -0.25) is 4.79 Å². The number of amides is 1. The molecule has 2 unspecified atom stereocenters. The van der Waals surface area contributed by atoms with Crippen LogP contribution < -0.4 is 9.30 Å². The van der Waals surface area contributed by atoms with E-state index in [0.29, 0.717) is 54.0 Å². The van der Waals surface area contributed by atoms with E-state index >= 15 is 0 Å². The van der Waals surface area contributed by atoms with Gasteiger partial charge in [0.25, 0.3) is 12.2 Å². The van der Waals surface area contributed by atoms with Gasteiger partial charge < -0.3 is 19.4 Å². The fourth-order valence-corrected chi connectivity index (χ4v) is 5.72. The molecule has 0 spiro atoms. The van der Waals surface area contributed by atoms with E-state index in [1.54, 1.807) is 47.1 Å². The Morgan fingerprint density at radius 3 is 2.40 bits per heavy atom. The first-order valence-electron chi connectivity index (χ1n) is 14.0. The molecule has 0 saturated carbocycles. The van der Waals surface area contributed by atoms with Crippen molar-refractivity contribution in [3.63, 3.8) is 0 Å². The summed E-state index contributed by atoms with van der Waals surface area (Å²) in [5, 5.41) is 0. The molecule has 2 aromatic carbocycles. The number of phosphoric ester groups is 1. The molecule has 232 valence electrons. The molecule has 1 aromatic heterocycles. The Kier molecular flexibility index (Phi) is 10.2. The lowest BCUT2D eigenvalue weighted by Gasteiger charge is -2.35. The lowest BCUT2D eigenvalue weighted by molar-refractivity contribution is -0.596. The van der Waals surface area contributed by atoms with E-state index in [-0.39, 0.29) is 24.2 Å². The maximum Gasteiger partial charge on any atom is 0.472 e. The van der Waals surface area contributed by atoms with Crippen LogP contribution in [0.5, 0.6) is 5.75 Å². The topological polar surface area (TPSA) is 105 Å². The number of carbonyl (C=O) groups is 1. The van der Waals surface area contributed by atoms with Gasteiger partial charge >= 0.3 is 7.82 Å². The number of methoxy groups -OCH3 is 1. The Labute approximate surface area is 248 Å². The summed E-state index contributed by atoms with van der Waals surface area (Å²) >= 11 is 0. The van der Waals surface area contributed by atoms with E-state index in [2.05, 4.69) is 18.4 Å². The number of aryl methyl sites for hydroxylation is 1. The van der Waals surface area contributed by atoms with Crippen molar-refractivity contribution in [2.75, 3.05) is 7.11 Å². The van der Waals surface area contributed by atoms with Gasteiger partial charge in [-0.05, 0) is 67.2 Å². The zero-order chi connectivity index (χ0) is 31.5. The van der Waals surface area contributed by atoms with E-state index in [4.69, 9.17) is 14.5 Å². The molecule has 2 aliphatic heterocycles. The minimum absolute atomic E-state index is 0.0547. The van der Waals surface area contributed by atoms with Crippen LogP contribution in [0.15, 0.2) is 48.4 Å².